The van der Waals surface area contributed by atoms with Crippen molar-refractivity contribution in [2.45, 2.75) is 0 Å². The number of aromatic nitrogens is 2. The van der Waals surface area contributed by atoms with Crippen molar-refractivity contribution >= 4 is 17.6 Å². The van der Waals surface area contributed by atoms with Crippen LogP contribution in [0.3, 0.4) is 0 Å². The summed E-state index contributed by atoms with van der Waals surface area (Å²) in [5.74, 6) is 2.44. The van der Waals surface area contributed by atoms with Gasteiger partial charge in [-0.25, -0.2) is 0 Å². The number of nitrogen functional groups attached to an aromatic ring is 1. The van der Waals surface area contributed by atoms with Gasteiger partial charge in [-0.1, -0.05) is 18.2 Å². The molecule has 0 unspecified atom stereocenters. The summed E-state index contributed by atoms with van der Waals surface area (Å²) in [6, 6.07) is 11.5. The SMILES string of the molecule is CNc1cc(NCCOc2ccccc2)nc(N)n1. The van der Waals surface area contributed by atoms with E-state index in [1.54, 1.807) is 13.1 Å². The highest BCUT2D eigenvalue weighted by molar-refractivity contribution is 5.50. The smallest absolute Gasteiger partial charge is 0.223 e. The summed E-state index contributed by atoms with van der Waals surface area (Å²) >= 11 is 0. The minimum absolute atomic E-state index is 0.235. The Morgan fingerprint density at radius 3 is 2.63 bits per heavy atom. The van der Waals surface area contributed by atoms with Gasteiger partial charge in [0.1, 0.15) is 24.0 Å². The molecule has 0 saturated heterocycles. The maximum Gasteiger partial charge on any atom is 0.223 e. The molecule has 100 valence electrons. The Kier molecular flexibility index (Phi) is 4.39. The Bertz CT molecular complexity index is 518. The van der Waals surface area contributed by atoms with E-state index in [-0.39, 0.29) is 5.95 Å². The van der Waals surface area contributed by atoms with Crippen molar-refractivity contribution in [3.63, 3.8) is 0 Å². The minimum atomic E-state index is 0.235. The van der Waals surface area contributed by atoms with E-state index in [1.165, 1.54) is 0 Å². The van der Waals surface area contributed by atoms with Gasteiger partial charge >= 0.3 is 0 Å². The molecule has 6 nitrogen and oxygen atoms in total. The molecule has 1 heterocycles. The van der Waals surface area contributed by atoms with Crippen LogP contribution in [0.2, 0.25) is 0 Å². The number of rotatable bonds is 6. The van der Waals surface area contributed by atoms with Gasteiger partial charge < -0.3 is 21.1 Å². The molecule has 0 aliphatic heterocycles. The second-order valence-electron chi connectivity index (χ2n) is 3.83. The quantitative estimate of drug-likeness (QED) is 0.683. The summed E-state index contributed by atoms with van der Waals surface area (Å²) in [6.45, 7) is 1.18. The lowest BCUT2D eigenvalue weighted by Crippen LogP contribution is -2.13. The summed E-state index contributed by atoms with van der Waals surface area (Å²) in [4.78, 5) is 8.10. The summed E-state index contributed by atoms with van der Waals surface area (Å²) in [5.41, 5.74) is 5.60. The van der Waals surface area contributed by atoms with Crippen molar-refractivity contribution in [2.24, 2.45) is 0 Å². The van der Waals surface area contributed by atoms with Crippen LogP contribution in [-0.4, -0.2) is 30.2 Å². The molecule has 2 rings (SSSR count). The first-order chi connectivity index (χ1) is 9.28. The first-order valence-electron chi connectivity index (χ1n) is 6.02. The van der Waals surface area contributed by atoms with Crippen LogP contribution in [0.4, 0.5) is 17.6 Å². The van der Waals surface area contributed by atoms with E-state index in [2.05, 4.69) is 20.6 Å². The first-order valence-corrected chi connectivity index (χ1v) is 6.02. The molecule has 0 bridgehead atoms. The monoisotopic (exact) mass is 259 g/mol. The summed E-state index contributed by atoms with van der Waals surface area (Å²) in [5, 5.41) is 6.06. The number of nitrogens with one attached hydrogen (secondary N) is 2. The van der Waals surface area contributed by atoms with Crippen molar-refractivity contribution in [1.82, 2.24) is 9.97 Å². The number of hydrogen-bond donors (Lipinski definition) is 3. The van der Waals surface area contributed by atoms with E-state index in [0.29, 0.717) is 24.8 Å². The van der Waals surface area contributed by atoms with E-state index in [1.807, 2.05) is 30.3 Å². The third kappa shape index (κ3) is 4.02. The number of para-hydroxylation sites is 1. The molecule has 0 aliphatic rings. The molecule has 19 heavy (non-hydrogen) atoms. The van der Waals surface area contributed by atoms with E-state index < -0.39 is 0 Å². The number of nitrogens with zero attached hydrogens (tertiary/aromatic N) is 2. The standard InChI is InChI=1S/C13H17N5O/c1-15-11-9-12(18-13(14)17-11)16-7-8-19-10-5-3-2-4-6-10/h2-6,9H,7-8H2,1H3,(H4,14,15,16,17,18). The Morgan fingerprint density at radius 2 is 1.89 bits per heavy atom. The largest absolute Gasteiger partial charge is 0.492 e. The topological polar surface area (TPSA) is 85.1 Å². The van der Waals surface area contributed by atoms with Crippen LogP contribution in [0.5, 0.6) is 5.75 Å². The maximum absolute atomic E-state index is 5.60. The molecule has 4 N–H and O–H groups in total. The van der Waals surface area contributed by atoms with Gasteiger partial charge in [-0.05, 0) is 12.1 Å². The average molecular weight is 259 g/mol. The van der Waals surface area contributed by atoms with Gasteiger partial charge in [0, 0.05) is 13.1 Å². The minimum Gasteiger partial charge on any atom is -0.492 e. The van der Waals surface area contributed by atoms with Crippen LogP contribution in [0.25, 0.3) is 0 Å². The van der Waals surface area contributed by atoms with Crippen LogP contribution >= 0.6 is 0 Å². The van der Waals surface area contributed by atoms with Crippen molar-refractivity contribution in [3.05, 3.63) is 36.4 Å². The highest BCUT2D eigenvalue weighted by Crippen LogP contribution is 2.12. The third-order valence-corrected chi connectivity index (χ3v) is 2.42. The molecule has 0 atom stereocenters. The highest BCUT2D eigenvalue weighted by atomic mass is 16.5. The molecule has 2 aromatic rings. The lowest BCUT2D eigenvalue weighted by atomic mass is 10.3. The number of nitrogens with two attached hydrogens (primary N) is 1. The molecule has 0 aliphatic carbocycles. The van der Waals surface area contributed by atoms with Crippen molar-refractivity contribution in [3.8, 4) is 5.75 Å². The molecule has 0 amide bonds. The van der Waals surface area contributed by atoms with Crippen molar-refractivity contribution in [2.75, 3.05) is 36.6 Å². The molecule has 1 aromatic heterocycles. The van der Waals surface area contributed by atoms with Crippen LogP contribution < -0.4 is 21.1 Å². The van der Waals surface area contributed by atoms with E-state index in [4.69, 9.17) is 10.5 Å². The zero-order valence-corrected chi connectivity index (χ0v) is 10.8. The lowest BCUT2D eigenvalue weighted by Gasteiger charge is -2.09. The molecule has 0 radical (unpaired) electrons. The third-order valence-electron chi connectivity index (χ3n) is 2.42. The van der Waals surface area contributed by atoms with E-state index in [0.717, 1.165) is 5.75 Å². The van der Waals surface area contributed by atoms with Gasteiger partial charge in [0.25, 0.3) is 0 Å². The normalized spacial score (nSPS) is 9.95. The zero-order chi connectivity index (χ0) is 13.5. The molecule has 6 heteroatoms. The maximum atomic E-state index is 5.60. The van der Waals surface area contributed by atoms with Gasteiger partial charge in [0.2, 0.25) is 5.95 Å². The summed E-state index contributed by atoms with van der Waals surface area (Å²) < 4.78 is 5.56. The second-order valence-corrected chi connectivity index (χ2v) is 3.83. The predicted molar refractivity (Wildman–Crippen MR) is 76.4 cm³/mol. The molecule has 1 aromatic carbocycles. The summed E-state index contributed by atoms with van der Waals surface area (Å²) in [6.07, 6.45) is 0. The van der Waals surface area contributed by atoms with E-state index >= 15 is 0 Å². The lowest BCUT2D eigenvalue weighted by molar-refractivity contribution is 0.333. The highest BCUT2D eigenvalue weighted by Gasteiger charge is 2.00. The predicted octanol–water partition coefficient (Wildman–Crippen LogP) is 1.59. The van der Waals surface area contributed by atoms with Gasteiger partial charge in [0.15, 0.2) is 0 Å². The fraction of sp³-hybridized carbons (Fsp3) is 0.231. The Labute approximate surface area is 112 Å². The number of benzene rings is 1. The van der Waals surface area contributed by atoms with Gasteiger partial charge in [0.05, 0.1) is 6.54 Å². The zero-order valence-electron chi connectivity index (χ0n) is 10.8. The van der Waals surface area contributed by atoms with Gasteiger partial charge in [-0.2, -0.15) is 9.97 Å². The molecular formula is C13H17N5O. The first kappa shape index (κ1) is 12.9. The molecular weight excluding hydrogens is 242 g/mol. The van der Waals surface area contributed by atoms with Crippen LogP contribution in [0, 0.1) is 0 Å². The Morgan fingerprint density at radius 1 is 1.16 bits per heavy atom. The summed E-state index contributed by atoms with van der Waals surface area (Å²) in [7, 11) is 1.78. The van der Waals surface area contributed by atoms with Crippen molar-refractivity contribution in [1.29, 1.82) is 0 Å². The molecule has 0 saturated carbocycles. The number of hydrogen-bond acceptors (Lipinski definition) is 6. The van der Waals surface area contributed by atoms with Crippen molar-refractivity contribution < 1.29 is 4.74 Å². The van der Waals surface area contributed by atoms with Crippen LogP contribution in [-0.2, 0) is 0 Å². The molecule has 0 fully saturated rings. The van der Waals surface area contributed by atoms with Gasteiger partial charge in [-0.3, -0.25) is 0 Å². The Balaban J connectivity index is 1.81. The van der Waals surface area contributed by atoms with E-state index in [9.17, 15) is 0 Å². The fourth-order valence-electron chi connectivity index (χ4n) is 1.55. The second kappa shape index (κ2) is 6.44. The average Bonchev–Trinajstić information content (AvgIpc) is 2.44. The van der Waals surface area contributed by atoms with Crippen LogP contribution in [0.1, 0.15) is 0 Å². The number of ether oxygens (including phenoxy) is 1. The fourth-order valence-corrected chi connectivity index (χ4v) is 1.55. The Hall–Kier alpha value is -2.50. The number of anilines is 3. The molecule has 0 spiro atoms. The van der Waals surface area contributed by atoms with Gasteiger partial charge in [-0.15, -0.1) is 0 Å². The van der Waals surface area contributed by atoms with Crippen LogP contribution in [0.15, 0.2) is 36.4 Å².